The molecule has 7 heteroatoms. The Bertz CT molecular complexity index is 1050. The first kappa shape index (κ1) is 21.1. The molecule has 0 radical (unpaired) electrons. The lowest BCUT2D eigenvalue weighted by molar-refractivity contribution is -0.120. The van der Waals surface area contributed by atoms with Gasteiger partial charge in [-0.3, -0.25) is 14.2 Å². The van der Waals surface area contributed by atoms with E-state index in [1.165, 1.54) is 17.3 Å². The molecule has 2 aromatic carbocycles. The number of fused-ring (bicyclic) bond motifs is 1. The maximum atomic E-state index is 12.9. The molecule has 0 aliphatic carbocycles. The molecule has 0 aliphatic heterocycles. The van der Waals surface area contributed by atoms with Crippen LogP contribution in [-0.4, -0.2) is 32.4 Å². The number of aliphatic hydroxyl groups excluding tert-OH is 1. The second-order valence-electron chi connectivity index (χ2n) is 6.91. The summed E-state index contributed by atoms with van der Waals surface area (Å²) in [6.45, 7) is 4.61. The molecule has 0 saturated carbocycles. The van der Waals surface area contributed by atoms with Crippen molar-refractivity contribution in [1.82, 2.24) is 14.9 Å². The van der Waals surface area contributed by atoms with Crippen LogP contribution in [0.3, 0.4) is 0 Å². The van der Waals surface area contributed by atoms with Crippen molar-refractivity contribution < 1.29 is 9.90 Å². The molecule has 2 N–H and O–H groups in total. The lowest BCUT2D eigenvalue weighted by Crippen LogP contribution is -2.31. The van der Waals surface area contributed by atoms with Crippen LogP contribution in [0.4, 0.5) is 0 Å². The monoisotopic (exact) mass is 411 g/mol. The summed E-state index contributed by atoms with van der Waals surface area (Å²) in [6.07, 6.45) is 0.446. The van der Waals surface area contributed by atoms with Gasteiger partial charge in [0, 0.05) is 19.7 Å². The predicted molar refractivity (Wildman–Crippen MR) is 116 cm³/mol. The highest BCUT2D eigenvalue weighted by Gasteiger charge is 2.19. The standard InChI is InChI=1S/C22H25N3O3S/c1-15-8-10-17(11-9-15)14-23-20(27)16(2)29-22-24-19-7-4-3-6-18(19)21(28)25(22)12-5-13-26/h3-4,6-11,16,26H,5,12-14H2,1-2H3,(H,23,27)/t16-/m1/s1. The summed E-state index contributed by atoms with van der Waals surface area (Å²) in [4.78, 5) is 30.1. The van der Waals surface area contributed by atoms with E-state index in [0.717, 1.165) is 5.56 Å². The molecule has 1 heterocycles. The molecule has 0 bridgehead atoms. The number of aliphatic hydroxyl groups is 1. The minimum absolute atomic E-state index is 0.0179. The zero-order chi connectivity index (χ0) is 20.8. The molecule has 6 nitrogen and oxygen atoms in total. The van der Waals surface area contributed by atoms with Gasteiger partial charge in [-0.25, -0.2) is 4.98 Å². The van der Waals surface area contributed by atoms with Crippen molar-refractivity contribution in [2.45, 2.75) is 43.8 Å². The van der Waals surface area contributed by atoms with Crippen LogP contribution in [-0.2, 0) is 17.9 Å². The molecule has 0 unspecified atom stereocenters. The Balaban J connectivity index is 1.77. The number of carbonyl (C=O) groups excluding carboxylic acids is 1. The molecule has 0 fully saturated rings. The van der Waals surface area contributed by atoms with E-state index < -0.39 is 5.25 Å². The number of nitrogens with one attached hydrogen (secondary N) is 1. The van der Waals surface area contributed by atoms with E-state index in [1.807, 2.05) is 37.3 Å². The number of nitrogens with zero attached hydrogens (tertiary/aromatic N) is 2. The molecule has 1 atom stereocenters. The van der Waals surface area contributed by atoms with Crippen LogP contribution in [0.2, 0.25) is 0 Å². The SMILES string of the molecule is Cc1ccc(CNC(=O)[C@@H](C)Sc2nc3ccccc3c(=O)n2CCCO)cc1. The Kier molecular flexibility index (Phi) is 7.06. The van der Waals surface area contributed by atoms with Gasteiger partial charge in [-0.15, -0.1) is 0 Å². The van der Waals surface area contributed by atoms with Crippen molar-refractivity contribution >= 4 is 28.6 Å². The first-order valence-corrected chi connectivity index (χ1v) is 10.5. The van der Waals surface area contributed by atoms with Gasteiger partial charge >= 0.3 is 0 Å². The number of rotatable bonds is 8. The van der Waals surface area contributed by atoms with Gasteiger partial charge < -0.3 is 10.4 Å². The molecule has 3 aromatic rings. The molecular formula is C22H25N3O3S. The number of benzene rings is 2. The van der Waals surface area contributed by atoms with Crippen LogP contribution >= 0.6 is 11.8 Å². The molecule has 29 heavy (non-hydrogen) atoms. The van der Waals surface area contributed by atoms with Crippen molar-refractivity contribution in [3.63, 3.8) is 0 Å². The van der Waals surface area contributed by atoms with E-state index in [-0.39, 0.29) is 18.1 Å². The average Bonchev–Trinajstić information content (AvgIpc) is 2.73. The highest BCUT2D eigenvalue weighted by atomic mass is 32.2. The van der Waals surface area contributed by atoms with E-state index in [4.69, 9.17) is 0 Å². The zero-order valence-electron chi connectivity index (χ0n) is 16.6. The lowest BCUT2D eigenvalue weighted by Gasteiger charge is -2.16. The van der Waals surface area contributed by atoms with Gasteiger partial charge in [0.05, 0.1) is 16.2 Å². The van der Waals surface area contributed by atoms with E-state index >= 15 is 0 Å². The molecule has 152 valence electrons. The smallest absolute Gasteiger partial charge is 0.262 e. The van der Waals surface area contributed by atoms with Crippen LogP contribution in [0.15, 0.2) is 58.5 Å². The molecule has 3 rings (SSSR count). The quantitative estimate of drug-likeness (QED) is 0.440. The zero-order valence-corrected chi connectivity index (χ0v) is 17.4. The Morgan fingerprint density at radius 2 is 1.93 bits per heavy atom. The summed E-state index contributed by atoms with van der Waals surface area (Å²) >= 11 is 1.25. The largest absolute Gasteiger partial charge is 0.396 e. The summed E-state index contributed by atoms with van der Waals surface area (Å²) < 4.78 is 1.55. The van der Waals surface area contributed by atoms with E-state index in [0.29, 0.717) is 35.6 Å². The van der Waals surface area contributed by atoms with Gasteiger partial charge in [0.2, 0.25) is 5.91 Å². The minimum atomic E-state index is -0.422. The maximum Gasteiger partial charge on any atom is 0.262 e. The Labute approximate surface area is 174 Å². The first-order chi connectivity index (χ1) is 14.0. The molecule has 0 saturated heterocycles. The maximum absolute atomic E-state index is 12.9. The second kappa shape index (κ2) is 9.71. The van der Waals surface area contributed by atoms with Crippen molar-refractivity contribution in [2.75, 3.05) is 6.61 Å². The van der Waals surface area contributed by atoms with Gasteiger partial charge in [0.25, 0.3) is 5.56 Å². The second-order valence-corrected chi connectivity index (χ2v) is 8.22. The van der Waals surface area contributed by atoms with Crippen LogP contribution in [0.5, 0.6) is 0 Å². The molecule has 1 amide bonds. The summed E-state index contributed by atoms with van der Waals surface area (Å²) in [7, 11) is 0. The molecule has 0 aliphatic rings. The van der Waals surface area contributed by atoms with E-state index in [9.17, 15) is 14.7 Å². The molecule has 1 aromatic heterocycles. The highest BCUT2D eigenvalue weighted by Crippen LogP contribution is 2.23. The summed E-state index contributed by atoms with van der Waals surface area (Å²) in [6, 6.07) is 15.2. The third kappa shape index (κ3) is 5.25. The van der Waals surface area contributed by atoms with E-state index in [2.05, 4.69) is 10.3 Å². The Morgan fingerprint density at radius 1 is 1.21 bits per heavy atom. The number of aromatic nitrogens is 2. The average molecular weight is 412 g/mol. The van der Waals surface area contributed by atoms with Gasteiger partial charge in [-0.2, -0.15) is 0 Å². The number of carbonyl (C=O) groups is 1. The Hall–Kier alpha value is -2.64. The number of aryl methyl sites for hydroxylation is 1. The number of thioether (sulfide) groups is 1. The van der Waals surface area contributed by atoms with Crippen LogP contribution in [0, 0.1) is 6.92 Å². The highest BCUT2D eigenvalue weighted by molar-refractivity contribution is 8.00. The van der Waals surface area contributed by atoms with Crippen molar-refractivity contribution in [1.29, 1.82) is 0 Å². The minimum Gasteiger partial charge on any atom is -0.396 e. The van der Waals surface area contributed by atoms with Crippen molar-refractivity contribution in [3.8, 4) is 0 Å². The molecule has 0 spiro atoms. The van der Waals surface area contributed by atoms with Gasteiger partial charge in [0.1, 0.15) is 0 Å². The number of hydrogen-bond acceptors (Lipinski definition) is 5. The van der Waals surface area contributed by atoms with Gasteiger partial charge in [0.15, 0.2) is 5.16 Å². The lowest BCUT2D eigenvalue weighted by atomic mass is 10.1. The predicted octanol–water partition coefficient (Wildman–Crippen LogP) is 2.88. The third-order valence-corrected chi connectivity index (χ3v) is 5.70. The van der Waals surface area contributed by atoms with Crippen LogP contribution in [0.1, 0.15) is 24.5 Å². The summed E-state index contributed by atoms with van der Waals surface area (Å²) in [5.74, 6) is -0.119. The normalized spacial score (nSPS) is 12.1. The fraction of sp³-hybridized carbons (Fsp3) is 0.318. The number of hydrogen-bond donors (Lipinski definition) is 2. The summed E-state index contributed by atoms with van der Waals surface area (Å²) in [5.41, 5.74) is 2.66. The van der Waals surface area contributed by atoms with Crippen LogP contribution < -0.4 is 10.9 Å². The van der Waals surface area contributed by atoms with Gasteiger partial charge in [-0.05, 0) is 38.0 Å². The summed E-state index contributed by atoms with van der Waals surface area (Å²) in [5, 5.41) is 12.7. The number of amides is 1. The molecular weight excluding hydrogens is 386 g/mol. The first-order valence-electron chi connectivity index (χ1n) is 9.60. The number of para-hydroxylation sites is 1. The third-order valence-electron chi connectivity index (χ3n) is 4.61. The Morgan fingerprint density at radius 3 is 2.66 bits per heavy atom. The fourth-order valence-corrected chi connectivity index (χ4v) is 3.87. The fourth-order valence-electron chi connectivity index (χ4n) is 2.91. The van der Waals surface area contributed by atoms with E-state index in [1.54, 1.807) is 29.7 Å². The topological polar surface area (TPSA) is 84.2 Å². The van der Waals surface area contributed by atoms with Crippen molar-refractivity contribution in [2.24, 2.45) is 0 Å². The van der Waals surface area contributed by atoms with Crippen molar-refractivity contribution in [3.05, 3.63) is 70.0 Å². The van der Waals surface area contributed by atoms with Crippen LogP contribution in [0.25, 0.3) is 10.9 Å². The van der Waals surface area contributed by atoms with Gasteiger partial charge in [-0.1, -0.05) is 53.7 Å².